The van der Waals surface area contributed by atoms with Gasteiger partial charge in [0.25, 0.3) is 0 Å². The Labute approximate surface area is 125 Å². The van der Waals surface area contributed by atoms with Crippen LogP contribution in [-0.4, -0.2) is 57.2 Å². The summed E-state index contributed by atoms with van der Waals surface area (Å²) in [6.07, 6.45) is 0.978. The van der Waals surface area contributed by atoms with Crippen molar-refractivity contribution in [2.24, 2.45) is 5.92 Å². The number of hydrogen-bond donors (Lipinski definition) is 1. The number of benzene rings is 1. The maximum Gasteiger partial charge on any atom is 0.227 e. The van der Waals surface area contributed by atoms with Crippen LogP contribution in [0.4, 0.5) is 5.69 Å². The molecule has 0 bridgehead atoms. The molecule has 1 aromatic rings. The Bertz CT molecular complexity index is 492. The van der Waals surface area contributed by atoms with Crippen molar-refractivity contribution in [3.8, 4) is 5.75 Å². The van der Waals surface area contributed by atoms with Crippen LogP contribution in [0.25, 0.3) is 0 Å². The zero-order valence-electron chi connectivity index (χ0n) is 12.5. The molecule has 2 aliphatic rings. The highest BCUT2D eigenvalue weighted by atomic mass is 16.5. The fourth-order valence-corrected chi connectivity index (χ4v) is 3.18. The van der Waals surface area contributed by atoms with Gasteiger partial charge in [-0.05, 0) is 25.1 Å². The molecule has 0 aliphatic carbocycles. The maximum atomic E-state index is 12.4. The molecule has 2 fully saturated rings. The van der Waals surface area contributed by atoms with Gasteiger partial charge in [-0.25, -0.2) is 0 Å². The summed E-state index contributed by atoms with van der Waals surface area (Å²) in [5.41, 5.74) is 1.12. The second-order valence-electron chi connectivity index (χ2n) is 5.67. The van der Waals surface area contributed by atoms with Crippen LogP contribution in [0.5, 0.6) is 5.75 Å². The Balaban J connectivity index is 1.61. The van der Waals surface area contributed by atoms with E-state index < -0.39 is 0 Å². The molecular weight excluding hydrogens is 266 g/mol. The van der Waals surface area contributed by atoms with Crippen molar-refractivity contribution < 1.29 is 9.53 Å². The molecule has 1 atom stereocenters. The van der Waals surface area contributed by atoms with Crippen LogP contribution in [0.15, 0.2) is 24.3 Å². The van der Waals surface area contributed by atoms with Gasteiger partial charge < -0.3 is 19.9 Å². The molecule has 2 saturated heterocycles. The van der Waals surface area contributed by atoms with Gasteiger partial charge in [0.2, 0.25) is 5.91 Å². The normalized spacial score (nSPS) is 22.4. The molecule has 2 aliphatic heterocycles. The molecule has 0 spiro atoms. The summed E-state index contributed by atoms with van der Waals surface area (Å²) in [4.78, 5) is 16.7. The number of amides is 1. The predicted molar refractivity (Wildman–Crippen MR) is 82.8 cm³/mol. The molecule has 1 N–H and O–H groups in total. The van der Waals surface area contributed by atoms with Gasteiger partial charge in [0.05, 0.1) is 18.7 Å². The summed E-state index contributed by atoms with van der Waals surface area (Å²) < 4.78 is 5.42. The van der Waals surface area contributed by atoms with Gasteiger partial charge in [-0.1, -0.05) is 12.1 Å². The van der Waals surface area contributed by atoms with Gasteiger partial charge >= 0.3 is 0 Å². The van der Waals surface area contributed by atoms with Crippen molar-refractivity contribution in [2.75, 3.05) is 51.3 Å². The second kappa shape index (κ2) is 6.35. The smallest absolute Gasteiger partial charge is 0.227 e. The summed E-state index contributed by atoms with van der Waals surface area (Å²) >= 11 is 0. The largest absolute Gasteiger partial charge is 0.495 e. The van der Waals surface area contributed by atoms with Gasteiger partial charge in [-0.2, -0.15) is 0 Å². The first-order chi connectivity index (χ1) is 10.3. The van der Waals surface area contributed by atoms with Gasteiger partial charge in [-0.15, -0.1) is 0 Å². The summed E-state index contributed by atoms with van der Waals surface area (Å²) in [5, 5.41) is 3.27. The van der Waals surface area contributed by atoms with Crippen LogP contribution in [-0.2, 0) is 4.79 Å². The Hall–Kier alpha value is -1.75. The quantitative estimate of drug-likeness (QED) is 0.900. The van der Waals surface area contributed by atoms with E-state index in [1.54, 1.807) is 7.11 Å². The lowest BCUT2D eigenvalue weighted by atomic mass is 10.1. The number of carbonyl (C=O) groups excluding carboxylic acids is 1. The molecule has 5 heteroatoms. The number of para-hydroxylation sites is 2. The molecule has 1 amide bonds. The van der Waals surface area contributed by atoms with Crippen molar-refractivity contribution in [1.82, 2.24) is 10.2 Å². The third-order valence-corrected chi connectivity index (χ3v) is 4.43. The maximum absolute atomic E-state index is 12.4. The van der Waals surface area contributed by atoms with Crippen LogP contribution in [0.1, 0.15) is 6.42 Å². The molecule has 1 unspecified atom stereocenters. The van der Waals surface area contributed by atoms with Crippen LogP contribution >= 0.6 is 0 Å². The SMILES string of the molecule is COc1ccccc1N1CCN(C(=O)C2CCNC2)CC1. The monoisotopic (exact) mass is 289 g/mol. The number of hydrogen-bond acceptors (Lipinski definition) is 4. The molecule has 0 saturated carbocycles. The zero-order valence-corrected chi connectivity index (χ0v) is 12.5. The second-order valence-corrected chi connectivity index (χ2v) is 5.67. The first-order valence-electron chi connectivity index (χ1n) is 7.67. The van der Waals surface area contributed by atoms with Crippen LogP contribution < -0.4 is 15.0 Å². The highest BCUT2D eigenvalue weighted by Gasteiger charge is 2.29. The average Bonchev–Trinajstić information content (AvgIpc) is 3.09. The van der Waals surface area contributed by atoms with Gasteiger partial charge in [0.1, 0.15) is 5.75 Å². The minimum Gasteiger partial charge on any atom is -0.495 e. The summed E-state index contributed by atoms with van der Waals surface area (Å²) in [6, 6.07) is 8.07. The van der Waals surface area contributed by atoms with Gasteiger partial charge in [0, 0.05) is 32.7 Å². The van der Waals surface area contributed by atoms with E-state index in [4.69, 9.17) is 4.74 Å². The Morgan fingerprint density at radius 3 is 2.67 bits per heavy atom. The van der Waals surface area contributed by atoms with Crippen LogP contribution in [0, 0.1) is 5.92 Å². The lowest BCUT2D eigenvalue weighted by Gasteiger charge is -2.37. The average molecular weight is 289 g/mol. The molecule has 5 nitrogen and oxygen atoms in total. The van der Waals surface area contributed by atoms with Crippen LogP contribution in [0.3, 0.4) is 0 Å². The predicted octanol–water partition coefficient (Wildman–Crippen LogP) is 0.953. The minimum atomic E-state index is 0.183. The van der Waals surface area contributed by atoms with E-state index in [0.29, 0.717) is 5.91 Å². The summed E-state index contributed by atoms with van der Waals surface area (Å²) in [5.74, 6) is 1.40. The molecule has 21 heavy (non-hydrogen) atoms. The number of carbonyl (C=O) groups is 1. The number of piperazine rings is 1. The van der Waals surface area contributed by atoms with E-state index in [0.717, 1.165) is 57.1 Å². The van der Waals surface area contributed by atoms with Crippen LogP contribution in [0.2, 0.25) is 0 Å². The van der Waals surface area contributed by atoms with E-state index in [1.165, 1.54) is 0 Å². The van der Waals surface area contributed by atoms with Gasteiger partial charge in [-0.3, -0.25) is 4.79 Å². The lowest BCUT2D eigenvalue weighted by molar-refractivity contribution is -0.135. The summed E-state index contributed by atoms with van der Waals surface area (Å²) in [6.45, 7) is 5.14. The number of rotatable bonds is 3. The number of ether oxygens (including phenoxy) is 1. The van der Waals surface area contributed by atoms with E-state index in [-0.39, 0.29) is 5.92 Å². The van der Waals surface area contributed by atoms with E-state index in [9.17, 15) is 4.79 Å². The third-order valence-electron chi connectivity index (χ3n) is 4.43. The minimum absolute atomic E-state index is 0.183. The first-order valence-corrected chi connectivity index (χ1v) is 7.67. The fourth-order valence-electron chi connectivity index (χ4n) is 3.18. The van der Waals surface area contributed by atoms with Crippen molar-refractivity contribution in [1.29, 1.82) is 0 Å². The lowest BCUT2D eigenvalue weighted by Crippen LogP contribution is -2.50. The third kappa shape index (κ3) is 2.97. The van der Waals surface area contributed by atoms with Crippen molar-refractivity contribution >= 4 is 11.6 Å². The van der Waals surface area contributed by atoms with E-state index in [2.05, 4.69) is 16.3 Å². The number of nitrogens with zero attached hydrogens (tertiary/aromatic N) is 2. The van der Waals surface area contributed by atoms with Crippen molar-refractivity contribution in [3.05, 3.63) is 24.3 Å². The molecule has 1 aromatic carbocycles. The van der Waals surface area contributed by atoms with E-state index in [1.807, 2.05) is 23.1 Å². The topological polar surface area (TPSA) is 44.8 Å². The number of methoxy groups -OCH3 is 1. The summed E-state index contributed by atoms with van der Waals surface area (Å²) in [7, 11) is 1.70. The molecular formula is C16H23N3O2. The Kier molecular flexibility index (Phi) is 4.29. The molecule has 114 valence electrons. The highest BCUT2D eigenvalue weighted by molar-refractivity contribution is 5.79. The molecule has 0 aromatic heterocycles. The van der Waals surface area contributed by atoms with Crippen molar-refractivity contribution in [3.63, 3.8) is 0 Å². The highest BCUT2D eigenvalue weighted by Crippen LogP contribution is 2.28. The van der Waals surface area contributed by atoms with Gasteiger partial charge in [0.15, 0.2) is 0 Å². The van der Waals surface area contributed by atoms with Crippen molar-refractivity contribution in [2.45, 2.75) is 6.42 Å². The Morgan fingerprint density at radius 2 is 2.00 bits per heavy atom. The fraction of sp³-hybridized carbons (Fsp3) is 0.562. The molecule has 3 rings (SSSR count). The van der Waals surface area contributed by atoms with E-state index >= 15 is 0 Å². The Morgan fingerprint density at radius 1 is 1.24 bits per heavy atom. The molecule has 2 heterocycles. The standard InChI is InChI=1S/C16H23N3O2/c1-21-15-5-3-2-4-14(15)18-8-10-19(11-9-18)16(20)13-6-7-17-12-13/h2-5,13,17H,6-12H2,1H3. The zero-order chi connectivity index (χ0) is 14.7. The first kappa shape index (κ1) is 14.2. The molecule has 0 radical (unpaired) electrons. The number of nitrogens with one attached hydrogen (secondary N) is 1. The number of anilines is 1.